The maximum Gasteiger partial charge on any atom is 0.475 e. The summed E-state index contributed by atoms with van der Waals surface area (Å²) >= 11 is 11.9. The predicted molar refractivity (Wildman–Crippen MR) is 90.1 cm³/mol. The molecule has 0 bridgehead atoms. The first-order valence-corrected chi connectivity index (χ1v) is 7.79. The van der Waals surface area contributed by atoms with E-state index in [-0.39, 0.29) is 22.9 Å². The van der Waals surface area contributed by atoms with Crippen LogP contribution >= 0.6 is 23.2 Å². The first-order valence-electron chi connectivity index (χ1n) is 7.04. The molecule has 0 spiro atoms. The molecule has 0 saturated heterocycles. The van der Waals surface area contributed by atoms with Crippen molar-refractivity contribution in [2.45, 2.75) is 26.2 Å². The lowest BCUT2D eigenvalue weighted by Crippen LogP contribution is -2.53. The Hall–Kier alpha value is -1.28. The molecule has 0 saturated carbocycles. The maximum absolute atomic E-state index is 12.7. The van der Waals surface area contributed by atoms with E-state index in [1.54, 1.807) is 0 Å². The molecule has 1 atom stereocenters. The van der Waals surface area contributed by atoms with Crippen LogP contribution in [0.3, 0.4) is 0 Å². The molecule has 6 nitrogen and oxygen atoms in total. The summed E-state index contributed by atoms with van der Waals surface area (Å²) in [6.45, 7) is 3.25. The molecule has 0 heterocycles. The first kappa shape index (κ1) is 19.8. The lowest BCUT2D eigenvalue weighted by molar-refractivity contribution is -0.119. The second-order valence-electron chi connectivity index (χ2n) is 5.63. The van der Waals surface area contributed by atoms with Crippen molar-refractivity contribution in [2.24, 2.45) is 11.7 Å². The van der Waals surface area contributed by atoms with E-state index in [9.17, 15) is 19.6 Å². The van der Waals surface area contributed by atoms with Crippen molar-refractivity contribution < 1.29 is 19.6 Å². The van der Waals surface area contributed by atoms with Gasteiger partial charge in [0.05, 0.1) is 23.1 Å². The van der Waals surface area contributed by atoms with Crippen molar-refractivity contribution in [3.05, 3.63) is 33.8 Å². The van der Waals surface area contributed by atoms with Crippen molar-refractivity contribution in [3.8, 4) is 0 Å². The second-order valence-corrected chi connectivity index (χ2v) is 6.48. The Labute approximate surface area is 145 Å². The zero-order valence-electron chi connectivity index (χ0n) is 12.9. The molecule has 1 rings (SSSR count). The van der Waals surface area contributed by atoms with Crippen molar-refractivity contribution in [1.29, 1.82) is 0 Å². The topological polar surface area (TPSA) is 104 Å². The number of carbonyl (C=O) groups excluding carboxylic acids is 2. The molecule has 1 aromatic carbocycles. The minimum absolute atomic E-state index is 0.0554. The summed E-state index contributed by atoms with van der Waals surface area (Å²) in [5.74, 6) is -2.36. The van der Waals surface area contributed by atoms with Crippen LogP contribution in [0.5, 0.6) is 0 Å². The van der Waals surface area contributed by atoms with Gasteiger partial charge in [0.2, 0.25) is 5.91 Å². The second kappa shape index (κ2) is 8.54. The molecule has 0 aliphatic carbocycles. The number of halogens is 2. The zero-order valence-corrected chi connectivity index (χ0v) is 14.4. The molecular formula is C14H19BCl2N2O4. The third-order valence-electron chi connectivity index (χ3n) is 3.20. The van der Waals surface area contributed by atoms with Crippen molar-refractivity contribution in [3.63, 3.8) is 0 Å². The molecular weight excluding hydrogens is 342 g/mol. The quantitative estimate of drug-likeness (QED) is 0.638. The minimum Gasteiger partial charge on any atom is -0.426 e. The van der Waals surface area contributed by atoms with Gasteiger partial charge in [-0.2, -0.15) is 0 Å². The Kier molecular flexibility index (Phi) is 7.34. The van der Waals surface area contributed by atoms with Gasteiger partial charge in [0, 0.05) is 5.02 Å². The van der Waals surface area contributed by atoms with Gasteiger partial charge in [-0.3, -0.25) is 9.59 Å². The number of amides is 2. The molecule has 0 fully saturated rings. The van der Waals surface area contributed by atoms with E-state index in [4.69, 9.17) is 28.9 Å². The lowest BCUT2D eigenvalue weighted by atomic mass is 9.73. The predicted octanol–water partition coefficient (Wildman–Crippen LogP) is 1.35. The molecule has 126 valence electrons. The van der Waals surface area contributed by atoms with Crippen molar-refractivity contribution >= 4 is 42.1 Å². The fourth-order valence-electron chi connectivity index (χ4n) is 2.22. The highest BCUT2D eigenvalue weighted by Gasteiger charge is 2.35. The van der Waals surface area contributed by atoms with E-state index in [1.165, 1.54) is 18.2 Å². The van der Waals surface area contributed by atoms with Crippen LogP contribution in [0.1, 0.15) is 30.6 Å². The summed E-state index contributed by atoms with van der Waals surface area (Å²) in [6, 6.07) is 4.33. The van der Waals surface area contributed by atoms with Gasteiger partial charge in [-0.05, 0) is 30.5 Å². The molecule has 0 unspecified atom stereocenters. The average Bonchev–Trinajstić information content (AvgIpc) is 2.43. The molecule has 23 heavy (non-hydrogen) atoms. The van der Waals surface area contributed by atoms with E-state index >= 15 is 0 Å². The Bertz CT molecular complexity index is 584. The average molecular weight is 361 g/mol. The van der Waals surface area contributed by atoms with Gasteiger partial charge in [0.1, 0.15) is 0 Å². The van der Waals surface area contributed by atoms with E-state index in [0.29, 0.717) is 5.02 Å². The number of benzene rings is 1. The highest BCUT2D eigenvalue weighted by atomic mass is 35.5. The van der Waals surface area contributed by atoms with Gasteiger partial charge in [0.25, 0.3) is 5.91 Å². The Morgan fingerprint density at radius 3 is 2.39 bits per heavy atom. The van der Waals surface area contributed by atoms with Crippen LogP contribution < -0.4 is 5.73 Å². The summed E-state index contributed by atoms with van der Waals surface area (Å²) in [4.78, 5) is 25.1. The monoisotopic (exact) mass is 360 g/mol. The molecule has 0 aliphatic heterocycles. The summed E-state index contributed by atoms with van der Waals surface area (Å²) in [5.41, 5.74) is 5.26. The van der Waals surface area contributed by atoms with Crippen LogP contribution in [0.2, 0.25) is 10.0 Å². The molecule has 2 amide bonds. The zero-order chi connectivity index (χ0) is 17.7. The maximum atomic E-state index is 12.7. The number of primary amides is 1. The third-order valence-corrected chi connectivity index (χ3v) is 3.77. The van der Waals surface area contributed by atoms with Gasteiger partial charge in [-0.25, -0.2) is 0 Å². The third kappa shape index (κ3) is 5.69. The fraction of sp³-hybridized carbons (Fsp3) is 0.429. The van der Waals surface area contributed by atoms with E-state index < -0.39 is 31.4 Å². The summed E-state index contributed by atoms with van der Waals surface area (Å²) in [5, 5.41) is 19.7. The van der Waals surface area contributed by atoms with E-state index in [0.717, 1.165) is 4.90 Å². The largest absolute Gasteiger partial charge is 0.475 e. The minimum atomic E-state index is -1.82. The van der Waals surface area contributed by atoms with Gasteiger partial charge in [-0.1, -0.05) is 37.0 Å². The fourth-order valence-corrected chi connectivity index (χ4v) is 2.59. The number of nitrogens with two attached hydrogens (primary N) is 1. The van der Waals surface area contributed by atoms with E-state index in [2.05, 4.69) is 0 Å². The molecule has 0 aromatic heterocycles. The summed E-state index contributed by atoms with van der Waals surface area (Å²) < 4.78 is 0. The summed E-state index contributed by atoms with van der Waals surface area (Å²) in [7, 11) is -1.82. The smallest absolute Gasteiger partial charge is 0.426 e. The molecule has 0 radical (unpaired) electrons. The van der Waals surface area contributed by atoms with Crippen LogP contribution in [0.25, 0.3) is 0 Å². The SMILES string of the molecule is CC(C)C[C@@H](B(O)O)N(CC(N)=O)C(=O)c1cc(Cl)ccc1Cl. The molecule has 0 aliphatic rings. The van der Waals surface area contributed by atoms with Crippen LogP contribution in [-0.2, 0) is 4.79 Å². The number of rotatable bonds is 7. The van der Waals surface area contributed by atoms with Crippen LogP contribution in [0.4, 0.5) is 0 Å². The van der Waals surface area contributed by atoms with Gasteiger partial charge >= 0.3 is 7.12 Å². The van der Waals surface area contributed by atoms with E-state index in [1.807, 2.05) is 13.8 Å². The number of hydrogen-bond donors (Lipinski definition) is 3. The van der Waals surface area contributed by atoms with Crippen molar-refractivity contribution in [2.75, 3.05) is 6.54 Å². The number of carbonyl (C=O) groups is 2. The summed E-state index contributed by atoms with van der Waals surface area (Å²) in [6.07, 6.45) is 0.273. The number of hydrogen-bond acceptors (Lipinski definition) is 4. The molecule has 9 heteroatoms. The first-order chi connectivity index (χ1) is 10.6. The highest BCUT2D eigenvalue weighted by Crippen LogP contribution is 2.24. The van der Waals surface area contributed by atoms with Crippen LogP contribution in [0, 0.1) is 5.92 Å². The Morgan fingerprint density at radius 2 is 1.91 bits per heavy atom. The highest BCUT2D eigenvalue weighted by molar-refractivity contribution is 6.44. The Morgan fingerprint density at radius 1 is 1.30 bits per heavy atom. The van der Waals surface area contributed by atoms with Crippen molar-refractivity contribution in [1.82, 2.24) is 4.90 Å². The number of nitrogens with zero attached hydrogens (tertiary/aromatic N) is 1. The van der Waals surface area contributed by atoms with Gasteiger partial charge in [-0.15, -0.1) is 0 Å². The van der Waals surface area contributed by atoms with Gasteiger partial charge in [0.15, 0.2) is 0 Å². The standard InChI is InChI=1S/C14H19BCl2N2O4/c1-8(2)5-12(15(22)23)19(7-13(18)20)14(21)10-6-9(16)3-4-11(10)17/h3-4,6,8,12,22-23H,5,7H2,1-2H3,(H2,18,20)/t12-/m0/s1. The molecule has 4 N–H and O–H groups in total. The van der Waals surface area contributed by atoms with Gasteiger partial charge < -0.3 is 20.7 Å². The lowest BCUT2D eigenvalue weighted by Gasteiger charge is -2.31. The molecule has 1 aromatic rings. The normalized spacial score (nSPS) is 12.1. The Balaban J connectivity index is 3.25. The van der Waals surface area contributed by atoms with Crippen LogP contribution in [0.15, 0.2) is 18.2 Å². The van der Waals surface area contributed by atoms with Crippen LogP contribution in [-0.4, -0.2) is 46.4 Å².